The number of unbranched alkanes of at least 4 members (excludes halogenated alkanes) is 3. The van der Waals surface area contributed by atoms with Gasteiger partial charge in [-0.05, 0) is 99.7 Å². The number of carbonyl (C=O) groups excluding carboxylic acids is 9. The van der Waals surface area contributed by atoms with Crippen molar-refractivity contribution < 1.29 is 57.7 Å². The van der Waals surface area contributed by atoms with Crippen molar-refractivity contribution in [1.82, 2.24) is 35.3 Å². The van der Waals surface area contributed by atoms with Gasteiger partial charge in [-0.2, -0.15) is 0 Å². The Hall–Kier alpha value is -7.98. The molecule has 5 rings (SSSR count). The number of hydrogen-bond donors (Lipinski definition) is 6. The van der Waals surface area contributed by atoms with Crippen LogP contribution in [0.1, 0.15) is 97.6 Å². The molecule has 0 bridgehead atoms. The number of carbonyl (C=O) groups is 9. The first-order valence-electron chi connectivity index (χ1n) is 24.9. The number of likely N-dealkylation sites (tertiary alicyclic amines) is 1. The highest BCUT2D eigenvalue weighted by molar-refractivity contribution is 6.13. The predicted molar refractivity (Wildman–Crippen MR) is 279 cm³/mol. The molecule has 1 saturated heterocycles. The van der Waals surface area contributed by atoms with Crippen molar-refractivity contribution >= 4 is 76.6 Å². The molecule has 3 aromatic rings. The summed E-state index contributed by atoms with van der Waals surface area (Å²) in [6, 6.07) is 9.37. The number of ether oxygens (including phenoxy) is 2. The van der Waals surface area contributed by atoms with Crippen LogP contribution in [0.25, 0.3) is 5.70 Å². The normalized spacial score (nSPS) is 13.4. The quantitative estimate of drug-likeness (QED) is 0.0182. The van der Waals surface area contributed by atoms with Gasteiger partial charge in [0.05, 0.1) is 18.8 Å². The molecule has 402 valence electrons. The van der Waals surface area contributed by atoms with Gasteiger partial charge in [-0.25, -0.2) is 9.78 Å². The van der Waals surface area contributed by atoms with Crippen LogP contribution in [-0.2, 0) is 63.1 Å². The van der Waals surface area contributed by atoms with Crippen LogP contribution in [0, 0.1) is 6.92 Å². The second kappa shape index (κ2) is 29.0. The Morgan fingerprint density at radius 3 is 2.31 bits per heavy atom. The Kier molecular flexibility index (Phi) is 22.4. The predicted octanol–water partition coefficient (Wildman–Crippen LogP) is 3.79. The molecule has 22 nitrogen and oxygen atoms in total. The van der Waals surface area contributed by atoms with E-state index in [1.807, 2.05) is 19.1 Å². The van der Waals surface area contributed by atoms with E-state index in [-0.39, 0.29) is 63.2 Å². The molecular weight excluding hydrogens is 969 g/mol. The van der Waals surface area contributed by atoms with Gasteiger partial charge in [0.2, 0.25) is 29.5 Å². The summed E-state index contributed by atoms with van der Waals surface area (Å²) in [6.07, 6.45) is 8.75. The minimum atomic E-state index is -0.948. The van der Waals surface area contributed by atoms with Gasteiger partial charge in [0.1, 0.15) is 19.4 Å². The van der Waals surface area contributed by atoms with Crippen LogP contribution in [0.2, 0.25) is 0 Å². The molecule has 2 aromatic carbocycles. The number of aryl methyl sites for hydroxylation is 3. The van der Waals surface area contributed by atoms with Gasteiger partial charge in [0.25, 0.3) is 11.8 Å². The van der Waals surface area contributed by atoms with Crippen molar-refractivity contribution in [2.24, 2.45) is 7.05 Å². The summed E-state index contributed by atoms with van der Waals surface area (Å²) in [5.41, 5.74) is 5.63. The van der Waals surface area contributed by atoms with E-state index >= 15 is 0 Å². The smallest absolute Gasteiger partial charge is 0.416 e. The van der Waals surface area contributed by atoms with E-state index in [4.69, 9.17) is 9.47 Å². The Bertz CT molecular complexity index is 2610. The second-order valence-corrected chi connectivity index (χ2v) is 18.2. The van der Waals surface area contributed by atoms with E-state index in [0.717, 1.165) is 39.3 Å². The van der Waals surface area contributed by atoms with Gasteiger partial charge in [0, 0.05) is 94.4 Å². The summed E-state index contributed by atoms with van der Waals surface area (Å²) in [7, 11) is 1.66. The minimum Gasteiger partial charge on any atom is -0.444 e. The number of aliphatic hydroxyl groups excluding tert-OH is 1. The van der Waals surface area contributed by atoms with E-state index in [1.54, 1.807) is 37.5 Å². The van der Waals surface area contributed by atoms with Gasteiger partial charge < -0.3 is 50.6 Å². The summed E-state index contributed by atoms with van der Waals surface area (Å²) >= 11 is 0. The molecule has 1 aromatic heterocycles. The Morgan fingerprint density at radius 1 is 0.893 bits per heavy atom. The third-order valence-corrected chi connectivity index (χ3v) is 12.4. The maximum atomic E-state index is 13.7. The number of anilines is 3. The number of benzene rings is 2. The zero-order chi connectivity index (χ0) is 54.4. The van der Waals surface area contributed by atoms with Gasteiger partial charge in [0.15, 0.2) is 17.9 Å². The average molecular weight is 1040 g/mol. The highest BCUT2D eigenvalue weighted by Gasteiger charge is 2.27. The van der Waals surface area contributed by atoms with Gasteiger partial charge in [-0.15, -0.1) is 0 Å². The molecular formula is C53H68N10O12. The summed E-state index contributed by atoms with van der Waals surface area (Å²) in [5, 5.41) is 23.9. The van der Waals surface area contributed by atoms with E-state index in [0.29, 0.717) is 98.6 Å². The van der Waals surface area contributed by atoms with Crippen LogP contribution in [0.15, 0.2) is 73.5 Å². The fourth-order valence-corrected chi connectivity index (χ4v) is 8.01. The lowest BCUT2D eigenvalue weighted by atomic mass is 9.96. The van der Waals surface area contributed by atoms with Crippen LogP contribution >= 0.6 is 0 Å². The number of rotatable bonds is 30. The number of nitrogens with zero attached hydrogens (tertiary/aromatic N) is 5. The van der Waals surface area contributed by atoms with Crippen molar-refractivity contribution in [2.45, 2.75) is 90.7 Å². The number of aldehydes is 1. The molecule has 1 unspecified atom stereocenters. The molecule has 1 atom stereocenters. The van der Waals surface area contributed by atoms with Crippen LogP contribution < -0.4 is 31.5 Å². The number of hydrogen-bond acceptors (Lipinski definition) is 14. The van der Waals surface area contributed by atoms with Crippen molar-refractivity contribution in [3.05, 3.63) is 102 Å². The molecule has 0 radical (unpaired) electrons. The molecule has 1 fully saturated rings. The van der Waals surface area contributed by atoms with Crippen LogP contribution in [0.5, 0.6) is 0 Å². The Morgan fingerprint density at radius 2 is 1.63 bits per heavy atom. The first-order chi connectivity index (χ1) is 36.0. The zero-order valence-corrected chi connectivity index (χ0v) is 42.9. The zero-order valence-electron chi connectivity index (χ0n) is 42.9. The third-order valence-electron chi connectivity index (χ3n) is 12.4. The van der Waals surface area contributed by atoms with Crippen molar-refractivity contribution in [1.29, 1.82) is 0 Å². The molecule has 0 spiro atoms. The van der Waals surface area contributed by atoms with Crippen molar-refractivity contribution in [2.75, 3.05) is 68.2 Å². The Labute approximate surface area is 435 Å². The fourth-order valence-electron chi connectivity index (χ4n) is 8.01. The summed E-state index contributed by atoms with van der Waals surface area (Å²) < 4.78 is 12.7. The lowest BCUT2D eigenvalue weighted by Gasteiger charge is -2.28. The number of imide groups is 1. The van der Waals surface area contributed by atoms with E-state index in [2.05, 4.69) is 49.6 Å². The van der Waals surface area contributed by atoms with Gasteiger partial charge in [-0.3, -0.25) is 48.2 Å². The van der Waals surface area contributed by atoms with Crippen molar-refractivity contribution in [3.63, 3.8) is 0 Å². The molecule has 0 saturated carbocycles. The molecule has 2 aliphatic heterocycles. The SMILES string of the molecule is C=C1CCN(C(=C)c2cc(C)c(CCCCC(=O)Nc3cn(C)c(C=O)n3)cc2N(CO)C(=O)OCc2ccc(NC(=O)C(C)NC(=O)CNC(=O)CCOCCCCCNC(=O)CCN3C(=O)C=CC3=O)cc2)C1. The van der Waals surface area contributed by atoms with E-state index in [1.165, 1.54) is 23.6 Å². The number of amides is 8. The van der Waals surface area contributed by atoms with Crippen molar-refractivity contribution in [3.8, 4) is 0 Å². The average Bonchev–Trinajstić information content (AvgIpc) is 4.09. The lowest BCUT2D eigenvalue weighted by molar-refractivity contribution is -0.137. The van der Waals surface area contributed by atoms with Crippen LogP contribution in [-0.4, -0.2) is 137 Å². The topological polar surface area (TPSA) is 280 Å². The maximum Gasteiger partial charge on any atom is 0.416 e. The first-order valence-corrected chi connectivity index (χ1v) is 24.9. The lowest BCUT2D eigenvalue weighted by Crippen LogP contribution is -2.46. The molecule has 2 aliphatic rings. The number of imidazole rings is 1. The van der Waals surface area contributed by atoms with Crippen LogP contribution in [0.4, 0.5) is 22.0 Å². The molecule has 75 heavy (non-hydrogen) atoms. The monoisotopic (exact) mass is 1040 g/mol. The third kappa shape index (κ3) is 18.2. The van der Waals surface area contributed by atoms with E-state index in [9.17, 15) is 48.3 Å². The number of aliphatic hydroxyl groups is 1. The number of nitrogens with one attached hydrogen (secondary N) is 5. The maximum absolute atomic E-state index is 13.7. The summed E-state index contributed by atoms with van der Waals surface area (Å²) in [6.45, 7) is 13.1. The molecule has 6 N–H and O–H groups in total. The van der Waals surface area contributed by atoms with Crippen LogP contribution in [0.3, 0.4) is 0 Å². The standard InChI is InChI=1S/C53H68N10O12/c1-35-19-23-61(30-35)38(4)42-27-36(2)40(11-7-8-12-48(68)59-44-31-60(5)45(32-64)58-44)28-43(42)63(34-65)53(73)75-33-39-13-15-41(16-14-39)57-52(72)37(3)56-49(69)29-55-47(67)21-26-74-25-10-6-9-22-54-46(66)20-24-62-50(70)17-18-51(62)71/h13-18,27-28,31-32,37,65H,1,4,6-12,19-26,29-30,33-34H2,2-3,5H3,(H,54,66)(H,55,67)(H,56,69)(H,57,72)(H,59,68). The largest absolute Gasteiger partial charge is 0.444 e. The second-order valence-electron chi connectivity index (χ2n) is 18.2. The van der Waals surface area contributed by atoms with Gasteiger partial charge >= 0.3 is 6.09 Å². The van der Waals surface area contributed by atoms with Gasteiger partial charge in [-0.1, -0.05) is 30.9 Å². The summed E-state index contributed by atoms with van der Waals surface area (Å²) in [5.74, 6) is -2.32. The fraction of sp³-hybridized carbons (Fsp3) is 0.434. The molecule has 3 heterocycles. The first kappa shape index (κ1) is 57.9. The highest BCUT2D eigenvalue weighted by atomic mass is 16.6. The molecule has 22 heteroatoms. The van der Waals surface area contributed by atoms with E-state index < -0.39 is 48.4 Å². The highest BCUT2D eigenvalue weighted by Crippen LogP contribution is 2.35. The summed E-state index contributed by atoms with van der Waals surface area (Å²) in [4.78, 5) is 119. The molecule has 0 aliphatic carbocycles. The number of aromatic nitrogens is 2. The Balaban J connectivity index is 1.00. The minimum absolute atomic E-state index is 0.0277. The molecule has 8 amide bonds.